The molecule has 0 aliphatic heterocycles. The molecule has 4 aromatic rings. The molecule has 0 saturated carbocycles. The fourth-order valence-electron chi connectivity index (χ4n) is 3.66. The molecule has 0 aliphatic carbocycles. The van der Waals surface area contributed by atoms with E-state index < -0.39 is 15.9 Å². The van der Waals surface area contributed by atoms with E-state index in [2.05, 4.69) is 34.8 Å². The number of thiazole rings is 1. The predicted octanol–water partition coefficient (Wildman–Crippen LogP) is 5.13. The van der Waals surface area contributed by atoms with Gasteiger partial charge in [0.2, 0.25) is 0 Å². The number of hydrogen-bond acceptors (Lipinski definition) is 5. The number of nitrogens with zero attached hydrogens (tertiary/aromatic N) is 2. The summed E-state index contributed by atoms with van der Waals surface area (Å²) in [5.74, 6) is 0.119. The van der Waals surface area contributed by atoms with Crippen molar-refractivity contribution in [2.75, 3.05) is 11.8 Å². The third kappa shape index (κ3) is 5.63. The average molecular weight is 510 g/mol. The van der Waals surface area contributed by atoms with Crippen LogP contribution in [0.5, 0.6) is 5.75 Å². The van der Waals surface area contributed by atoms with Crippen molar-refractivity contribution in [3.63, 3.8) is 0 Å². The van der Waals surface area contributed by atoms with Crippen molar-refractivity contribution in [3.05, 3.63) is 82.7 Å². The predicted molar refractivity (Wildman–Crippen MR) is 140 cm³/mol. The maximum absolute atomic E-state index is 12.9. The summed E-state index contributed by atoms with van der Waals surface area (Å²) in [6.07, 6.45) is 3.30. The lowest BCUT2D eigenvalue weighted by atomic mass is 10.1. The largest absolute Gasteiger partial charge is 0.497 e. The summed E-state index contributed by atoms with van der Waals surface area (Å²) in [5.41, 5.74) is 2.86. The number of aromatic nitrogens is 1. The Kier molecular flexibility index (Phi) is 7.37. The molecule has 1 amide bonds. The minimum Gasteiger partial charge on any atom is -0.497 e. The van der Waals surface area contributed by atoms with Crippen molar-refractivity contribution in [2.45, 2.75) is 31.1 Å². The zero-order chi connectivity index (χ0) is 25.0. The molecule has 0 atom stereocenters. The molecular formula is C26H27N3O4S2. The molecule has 0 spiro atoms. The van der Waals surface area contributed by atoms with Crippen molar-refractivity contribution < 1.29 is 17.9 Å². The van der Waals surface area contributed by atoms with Gasteiger partial charge >= 0.3 is 0 Å². The first-order chi connectivity index (χ1) is 16.8. The average Bonchev–Trinajstić information content (AvgIpc) is 3.16. The Morgan fingerprint density at radius 2 is 1.86 bits per heavy atom. The van der Waals surface area contributed by atoms with Gasteiger partial charge in [-0.15, -0.1) is 0 Å². The van der Waals surface area contributed by atoms with Crippen LogP contribution in [-0.2, 0) is 23.5 Å². The number of methoxy groups -OCH3 is 1. The molecule has 9 heteroatoms. The monoisotopic (exact) mass is 509 g/mol. The molecule has 4 rings (SSSR count). The van der Waals surface area contributed by atoms with Gasteiger partial charge in [0, 0.05) is 18.3 Å². The third-order valence-electron chi connectivity index (χ3n) is 5.62. The molecule has 0 unspecified atom stereocenters. The number of benzene rings is 3. The van der Waals surface area contributed by atoms with E-state index in [1.165, 1.54) is 42.2 Å². The van der Waals surface area contributed by atoms with E-state index in [-0.39, 0.29) is 10.6 Å². The van der Waals surface area contributed by atoms with E-state index >= 15 is 0 Å². The summed E-state index contributed by atoms with van der Waals surface area (Å²) in [7, 11) is -0.426. The molecule has 1 aromatic heterocycles. The van der Waals surface area contributed by atoms with E-state index in [1.54, 1.807) is 30.3 Å². The van der Waals surface area contributed by atoms with Crippen molar-refractivity contribution in [1.82, 2.24) is 4.57 Å². The lowest BCUT2D eigenvalue weighted by Crippen LogP contribution is -2.14. The minimum atomic E-state index is -3.82. The Morgan fingerprint density at radius 3 is 2.57 bits per heavy atom. The molecule has 0 fully saturated rings. The second-order valence-corrected chi connectivity index (χ2v) is 10.8. The fourth-order valence-corrected chi connectivity index (χ4v) is 5.79. The second kappa shape index (κ2) is 10.5. The van der Waals surface area contributed by atoms with Crippen LogP contribution in [0, 0.1) is 0 Å². The molecule has 0 radical (unpaired) electrons. The number of unbranched alkanes of at least 4 members (excludes halogenated alkanes) is 1. The number of nitrogens with one attached hydrogen (secondary N) is 1. The maximum Gasteiger partial charge on any atom is 0.279 e. The number of sulfonamides is 1. The maximum atomic E-state index is 12.9. The van der Waals surface area contributed by atoms with Crippen LogP contribution in [0.4, 0.5) is 5.69 Å². The third-order valence-corrected chi connectivity index (χ3v) is 8.11. The lowest BCUT2D eigenvalue weighted by molar-refractivity contribution is 0.0998. The molecule has 1 N–H and O–H groups in total. The SMILES string of the molecule is CCCCc1ccc2c(c1)sc(=NC(=O)c1cccc(NS(=O)(=O)c3ccc(OC)cc3)c1)n2C. The number of anilines is 1. The van der Waals surface area contributed by atoms with Gasteiger partial charge in [0.1, 0.15) is 5.75 Å². The Balaban J connectivity index is 1.59. The first kappa shape index (κ1) is 24.7. The molecule has 182 valence electrons. The first-order valence-corrected chi connectivity index (χ1v) is 13.5. The quantitative estimate of drug-likeness (QED) is 0.356. The molecule has 0 aliphatic rings. The zero-order valence-corrected chi connectivity index (χ0v) is 21.4. The van der Waals surface area contributed by atoms with Crippen LogP contribution in [0.3, 0.4) is 0 Å². The fraction of sp³-hybridized carbons (Fsp3) is 0.231. The molecular weight excluding hydrogens is 482 g/mol. The second-order valence-electron chi connectivity index (χ2n) is 8.13. The summed E-state index contributed by atoms with van der Waals surface area (Å²) in [6, 6.07) is 18.7. The summed E-state index contributed by atoms with van der Waals surface area (Å²) in [4.78, 5) is 17.9. The summed E-state index contributed by atoms with van der Waals surface area (Å²) < 4.78 is 36.1. The Hall–Kier alpha value is -3.43. The van der Waals surface area contributed by atoms with Crippen LogP contribution in [0.25, 0.3) is 10.2 Å². The van der Waals surface area contributed by atoms with Gasteiger partial charge in [0.25, 0.3) is 15.9 Å². The lowest BCUT2D eigenvalue weighted by Gasteiger charge is -2.09. The van der Waals surface area contributed by atoms with Gasteiger partial charge in [0.05, 0.1) is 22.2 Å². The topological polar surface area (TPSA) is 89.8 Å². The van der Waals surface area contributed by atoms with Crippen LogP contribution in [-0.4, -0.2) is 26.0 Å². The highest BCUT2D eigenvalue weighted by Gasteiger charge is 2.15. The highest BCUT2D eigenvalue weighted by atomic mass is 32.2. The van der Waals surface area contributed by atoms with Gasteiger partial charge in [0.15, 0.2) is 4.80 Å². The van der Waals surface area contributed by atoms with Crippen molar-refractivity contribution in [2.24, 2.45) is 12.0 Å². The molecule has 0 saturated heterocycles. The Labute approximate surface area is 208 Å². The Morgan fingerprint density at radius 1 is 1.09 bits per heavy atom. The highest BCUT2D eigenvalue weighted by molar-refractivity contribution is 7.92. The van der Waals surface area contributed by atoms with Crippen LogP contribution < -0.4 is 14.3 Å². The van der Waals surface area contributed by atoms with Gasteiger partial charge < -0.3 is 9.30 Å². The molecule has 0 bridgehead atoms. The van der Waals surface area contributed by atoms with Gasteiger partial charge in [-0.05, 0) is 73.0 Å². The van der Waals surface area contributed by atoms with Crippen molar-refractivity contribution in [1.29, 1.82) is 0 Å². The van der Waals surface area contributed by atoms with Crippen LogP contribution >= 0.6 is 11.3 Å². The van der Waals surface area contributed by atoms with Gasteiger partial charge in [-0.3, -0.25) is 9.52 Å². The van der Waals surface area contributed by atoms with Gasteiger partial charge in [-0.2, -0.15) is 4.99 Å². The standard InChI is InChI=1S/C26H27N3O4S2/c1-4-5-7-18-10-15-23-24(16-18)34-26(29(23)2)27-25(30)19-8-6-9-20(17-19)28-35(31,32)22-13-11-21(33-3)12-14-22/h6,8-17,28H,4-5,7H2,1-3H3. The summed E-state index contributed by atoms with van der Waals surface area (Å²) in [5, 5.41) is 0. The zero-order valence-electron chi connectivity index (χ0n) is 19.8. The van der Waals surface area contributed by atoms with E-state index in [1.807, 2.05) is 11.6 Å². The number of rotatable bonds is 8. The number of ether oxygens (including phenoxy) is 1. The molecule has 7 nitrogen and oxygen atoms in total. The minimum absolute atomic E-state index is 0.0929. The number of fused-ring (bicyclic) bond motifs is 1. The highest BCUT2D eigenvalue weighted by Crippen LogP contribution is 2.22. The first-order valence-electron chi connectivity index (χ1n) is 11.2. The van der Waals surface area contributed by atoms with Crippen LogP contribution in [0.1, 0.15) is 35.7 Å². The van der Waals surface area contributed by atoms with Crippen molar-refractivity contribution >= 4 is 43.2 Å². The Bertz CT molecular complexity index is 1540. The van der Waals surface area contributed by atoms with Gasteiger partial charge in [-0.25, -0.2) is 8.42 Å². The summed E-state index contributed by atoms with van der Waals surface area (Å²) in [6.45, 7) is 2.17. The number of carbonyl (C=O) groups is 1. The van der Waals surface area contributed by atoms with Crippen molar-refractivity contribution in [3.8, 4) is 5.75 Å². The number of hydrogen-bond donors (Lipinski definition) is 1. The number of aryl methyl sites for hydroxylation is 2. The van der Waals surface area contributed by atoms with Crippen LogP contribution in [0.2, 0.25) is 0 Å². The van der Waals surface area contributed by atoms with Gasteiger partial charge in [-0.1, -0.05) is 36.8 Å². The van der Waals surface area contributed by atoms with E-state index in [4.69, 9.17) is 4.74 Å². The van der Waals surface area contributed by atoms with E-state index in [9.17, 15) is 13.2 Å². The van der Waals surface area contributed by atoms with E-state index in [0.717, 1.165) is 29.5 Å². The molecule has 3 aromatic carbocycles. The normalized spacial score (nSPS) is 12.1. The smallest absolute Gasteiger partial charge is 0.279 e. The number of carbonyl (C=O) groups excluding carboxylic acids is 1. The van der Waals surface area contributed by atoms with E-state index in [0.29, 0.717) is 16.1 Å². The summed E-state index contributed by atoms with van der Waals surface area (Å²) >= 11 is 1.46. The molecule has 1 heterocycles. The molecule has 35 heavy (non-hydrogen) atoms. The number of amides is 1. The van der Waals surface area contributed by atoms with Crippen LogP contribution in [0.15, 0.2) is 76.6 Å².